The first-order valence-electron chi connectivity index (χ1n) is 6.81. The van der Waals surface area contributed by atoms with Gasteiger partial charge in [-0.3, -0.25) is 4.98 Å². The molecule has 1 aliphatic carbocycles. The Morgan fingerprint density at radius 3 is 2.67 bits per heavy atom. The molecule has 2 N–H and O–H groups in total. The molecule has 0 radical (unpaired) electrons. The van der Waals surface area contributed by atoms with Gasteiger partial charge >= 0.3 is 0 Å². The van der Waals surface area contributed by atoms with Crippen LogP contribution in [0.4, 0.5) is 0 Å². The molecule has 100 valence electrons. The summed E-state index contributed by atoms with van der Waals surface area (Å²) in [5, 5.41) is 0. The summed E-state index contributed by atoms with van der Waals surface area (Å²) >= 11 is 0. The zero-order valence-electron chi connectivity index (χ0n) is 11.7. The second-order valence-electron chi connectivity index (χ2n) is 5.86. The van der Waals surface area contributed by atoms with E-state index in [9.17, 15) is 0 Å². The van der Waals surface area contributed by atoms with Crippen molar-refractivity contribution >= 4 is 0 Å². The number of nitrogens with two attached hydrogens (primary N) is 1. The lowest BCUT2D eigenvalue weighted by Crippen LogP contribution is -2.45. The molecule has 0 amide bonds. The van der Waals surface area contributed by atoms with Gasteiger partial charge in [0.1, 0.15) is 5.75 Å². The lowest BCUT2D eigenvalue weighted by Gasteiger charge is -2.36. The minimum absolute atomic E-state index is 0.0711. The smallest absolute Gasteiger partial charge is 0.122 e. The first kappa shape index (κ1) is 13.3. The first-order valence-corrected chi connectivity index (χ1v) is 6.81. The van der Waals surface area contributed by atoms with Crippen LogP contribution in [0.25, 0.3) is 0 Å². The van der Waals surface area contributed by atoms with Gasteiger partial charge in [0.2, 0.25) is 0 Å². The van der Waals surface area contributed by atoms with Crippen LogP contribution in [0, 0.1) is 12.8 Å². The highest BCUT2D eigenvalue weighted by Gasteiger charge is 2.30. The molecular formula is C15H24N2O. The fourth-order valence-corrected chi connectivity index (χ4v) is 2.79. The van der Waals surface area contributed by atoms with E-state index >= 15 is 0 Å². The summed E-state index contributed by atoms with van der Waals surface area (Å²) in [5.41, 5.74) is 8.50. The quantitative estimate of drug-likeness (QED) is 0.894. The van der Waals surface area contributed by atoms with Crippen LogP contribution in [0.1, 0.15) is 44.0 Å². The fraction of sp³-hybridized carbons (Fsp3) is 0.667. The number of pyridine rings is 1. The predicted molar refractivity (Wildman–Crippen MR) is 73.8 cm³/mol. The molecule has 0 aromatic carbocycles. The zero-order chi connectivity index (χ0) is 13.2. The Kier molecular flexibility index (Phi) is 3.91. The normalized spacial score (nSPS) is 28.1. The second-order valence-corrected chi connectivity index (χ2v) is 5.86. The summed E-state index contributed by atoms with van der Waals surface area (Å²) < 4.78 is 5.29. The van der Waals surface area contributed by atoms with Gasteiger partial charge in [0, 0.05) is 35.5 Å². The highest BCUT2D eigenvalue weighted by Crippen LogP contribution is 2.32. The molecule has 2 rings (SSSR count). The van der Waals surface area contributed by atoms with E-state index in [-0.39, 0.29) is 5.54 Å². The summed E-state index contributed by atoms with van der Waals surface area (Å²) in [6, 6.07) is 3.97. The Morgan fingerprint density at radius 1 is 1.39 bits per heavy atom. The number of ether oxygens (including phenoxy) is 1. The van der Waals surface area contributed by atoms with Crippen LogP contribution < -0.4 is 10.5 Å². The van der Waals surface area contributed by atoms with E-state index in [1.54, 1.807) is 7.11 Å². The van der Waals surface area contributed by atoms with Gasteiger partial charge < -0.3 is 10.5 Å². The van der Waals surface area contributed by atoms with E-state index in [4.69, 9.17) is 10.5 Å². The van der Waals surface area contributed by atoms with Gasteiger partial charge in [0.05, 0.1) is 7.11 Å². The van der Waals surface area contributed by atoms with Crippen LogP contribution in [-0.4, -0.2) is 17.6 Å². The van der Waals surface area contributed by atoms with Gasteiger partial charge in [-0.25, -0.2) is 0 Å². The molecule has 3 heteroatoms. The summed E-state index contributed by atoms with van der Waals surface area (Å²) in [4.78, 5) is 4.58. The van der Waals surface area contributed by atoms with Crippen LogP contribution in [0.5, 0.6) is 5.75 Å². The van der Waals surface area contributed by atoms with Gasteiger partial charge in [-0.05, 0) is 38.5 Å². The van der Waals surface area contributed by atoms with Gasteiger partial charge in [0.15, 0.2) is 0 Å². The Labute approximate surface area is 110 Å². The van der Waals surface area contributed by atoms with E-state index in [0.717, 1.165) is 42.3 Å². The standard InChI is InChI=1S/C15H24N2O/c1-11-4-6-15(16,7-5-11)10-13-9-14(18-3)8-12(2)17-13/h8-9,11H,4-7,10,16H2,1-3H3. The molecule has 1 aromatic rings. The third kappa shape index (κ3) is 3.22. The van der Waals surface area contributed by atoms with Crippen molar-refractivity contribution in [2.24, 2.45) is 11.7 Å². The molecular weight excluding hydrogens is 224 g/mol. The van der Waals surface area contributed by atoms with E-state index in [2.05, 4.69) is 11.9 Å². The molecule has 1 aliphatic rings. The summed E-state index contributed by atoms with van der Waals surface area (Å²) in [6.45, 7) is 4.31. The zero-order valence-corrected chi connectivity index (χ0v) is 11.7. The van der Waals surface area contributed by atoms with Crippen LogP contribution >= 0.6 is 0 Å². The molecule has 1 aromatic heterocycles. The average Bonchev–Trinajstić information content (AvgIpc) is 2.32. The number of methoxy groups -OCH3 is 1. The van der Waals surface area contributed by atoms with E-state index < -0.39 is 0 Å². The van der Waals surface area contributed by atoms with Crippen molar-refractivity contribution in [1.82, 2.24) is 4.98 Å². The van der Waals surface area contributed by atoms with E-state index in [1.165, 1.54) is 12.8 Å². The average molecular weight is 248 g/mol. The van der Waals surface area contributed by atoms with Crippen LogP contribution in [0.15, 0.2) is 12.1 Å². The van der Waals surface area contributed by atoms with Crippen molar-refractivity contribution in [1.29, 1.82) is 0 Å². The predicted octanol–water partition coefficient (Wildman–Crippen LogP) is 2.85. The fourth-order valence-electron chi connectivity index (χ4n) is 2.79. The number of aromatic nitrogens is 1. The first-order chi connectivity index (χ1) is 8.50. The Morgan fingerprint density at radius 2 is 2.06 bits per heavy atom. The molecule has 1 heterocycles. The molecule has 0 spiro atoms. The van der Waals surface area contributed by atoms with Gasteiger partial charge in [0.25, 0.3) is 0 Å². The third-order valence-electron chi connectivity index (χ3n) is 4.02. The van der Waals surface area contributed by atoms with Crippen molar-refractivity contribution in [2.75, 3.05) is 7.11 Å². The van der Waals surface area contributed by atoms with E-state index in [1.807, 2.05) is 19.1 Å². The monoisotopic (exact) mass is 248 g/mol. The van der Waals surface area contributed by atoms with Crippen molar-refractivity contribution in [3.63, 3.8) is 0 Å². The van der Waals surface area contributed by atoms with Gasteiger partial charge in [-0.2, -0.15) is 0 Å². The minimum atomic E-state index is -0.0711. The van der Waals surface area contributed by atoms with Crippen molar-refractivity contribution in [2.45, 2.75) is 51.5 Å². The van der Waals surface area contributed by atoms with Crippen molar-refractivity contribution in [3.05, 3.63) is 23.5 Å². The van der Waals surface area contributed by atoms with Crippen molar-refractivity contribution in [3.8, 4) is 5.75 Å². The maximum Gasteiger partial charge on any atom is 0.122 e. The topological polar surface area (TPSA) is 48.1 Å². The number of hydrogen-bond donors (Lipinski definition) is 1. The lowest BCUT2D eigenvalue weighted by atomic mass is 9.75. The summed E-state index contributed by atoms with van der Waals surface area (Å²) in [6.07, 6.45) is 5.54. The summed E-state index contributed by atoms with van der Waals surface area (Å²) in [5.74, 6) is 1.70. The van der Waals surface area contributed by atoms with E-state index in [0.29, 0.717) is 0 Å². The van der Waals surface area contributed by atoms with Crippen molar-refractivity contribution < 1.29 is 4.74 Å². The molecule has 0 saturated heterocycles. The molecule has 3 nitrogen and oxygen atoms in total. The Bertz CT molecular complexity index is 409. The summed E-state index contributed by atoms with van der Waals surface area (Å²) in [7, 11) is 1.69. The molecule has 18 heavy (non-hydrogen) atoms. The molecule has 1 fully saturated rings. The molecule has 1 saturated carbocycles. The maximum atomic E-state index is 6.51. The molecule has 0 atom stereocenters. The highest BCUT2D eigenvalue weighted by atomic mass is 16.5. The van der Waals surface area contributed by atoms with Crippen LogP contribution in [0.3, 0.4) is 0 Å². The largest absolute Gasteiger partial charge is 0.497 e. The Balaban J connectivity index is 2.11. The molecule has 0 aliphatic heterocycles. The van der Waals surface area contributed by atoms with Crippen LogP contribution in [-0.2, 0) is 6.42 Å². The van der Waals surface area contributed by atoms with Gasteiger partial charge in [-0.1, -0.05) is 6.92 Å². The maximum absolute atomic E-state index is 6.51. The molecule has 0 unspecified atom stereocenters. The number of rotatable bonds is 3. The lowest BCUT2D eigenvalue weighted by molar-refractivity contribution is 0.242. The second kappa shape index (κ2) is 5.27. The SMILES string of the molecule is COc1cc(C)nc(CC2(N)CCC(C)CC2)c1. The Hall–Kier alpha value is -1.09. The minimum Gasteiger partial charge on any atom is -0.497 e. The third-order valence-corrected chi connectivity index (χ3v) is 4.02. The number of aryl methyl sites for hydroxylation is 1. The highest BCUT2D eigenvalue weighted by molar-refractivity contribution is 5.27. The van der Waals surface area contributed by atoms with Crippen LogP contribution in [0.2, 0.25) is 0 Å². The number of nitrogens with zero attached hydrogens (tertiary/aromatic N) is 1. The number of hydrogen-bond acceptors (Lipinski definition) is 3. The van der Waals surface area contributed by atoms with Gasteiger partial charge in [-0.15, -0.1) is 0 Å². The molecule has 0 bridgehead atoms.